The van der Waals surface area contributed by atoms with E-state index >= 15 is 0 Å². The molecule has 0 aliphatic carbocycles. The number of rotatable bonds is 7. The summed E-state index contributed by atoms with van der Waals surface area (Å²) in [7, 11) is 0. The molecule has 0 spiro atoms. The fourth-order valence-electron chi connectivity index (χ4n) is 2.22. The maximum absolute atomic E-state index is 8.77. The Bertz CT molecular complexity index is 579. The maximum Gasteiger partial charge on any atom is 0.128 e. The van der Waals surface area contributed by atoms with E-state index in [1.54, 1.807) is 0 Å². The van der Waals surface area contributed by atoms with Crippen LogP contribution in [0.25, 0.3) is 0 Å². The van der Waals surface area contributed by atoms with E-state index in [1.165, 1.54) is 30.4 Å². The van der Waals surface area contributed by atoms with Gasteiger partial charge in [-0.25, -0.2) is 9.97 Å². The molecule has 0 radical (unpaired) electrons. The molecule has 0 atom stereocenters. The van der Waals surface area contributed by atoms with Crippen molar-refractivity contribution < 1.29 is 0 Å². The Morgan fingerprint density at radius 1 is 0.905 bits per heavy atom. The van der Waals surface area contributed by atoms with Crippen LogP contribution in [0.5, 0.6) is 0 Å². The van der Waals surface area contributed by atoms with Crippen molar-refractivity contribution in [3.8, 4) is 6.07 Å². The van der Waals surface area contributed by atoms with Gasteiger partial charge in [-0.3, -0.25) is 0 Å². The van der Waals surface area contributed by atoms with Gasteiger partial charge in [0.25, 0.3) is 0 Å². The highest BCUT2D eigenvalue weighted by molar-refractivity contribution is 5.31. The zero-order valence-electron chi connectivity index (χ0n) is 12.5. The minimum Gasteiger partial charge on any atom is -0.241 e. The quantitative estimate of drug-likeness (QED) is 0.723. The van der Waals surface area contributed by atoms with E-state index in [4.69, 9.17) is 5.26 Å². The molecule has 108 valence electrons. The van der Waals surface area contributed by atoms with Crippen LogP contribution in [0, 0.1) is 11.3 Å². The van der Waals surface area contributed by atoms with Crippen LogP contribution < -0.4 is 0 Å². The molecule has 0 unspecified atom stereocenters. The van der Waals surface area contributed by atoms with Crippen molar-refractivity contribution in [3.05, 3.63) is 59.2 Å². The predicted molar refractivity (Wildman–Crippen MR) is 83.8 cm³/mol. The molecule has 0 N–H and O–H groups in total. The van der Waals surface area contributed by atoms with Crippen LogP contribution in [-0.2, 0) is 19.3 Å². The van der Waals surface area contributed by atoms with Crippen LogP contribution >= 0.6 is 0 Å². The molecule has 1 aromatic carbocycles. The molecule has 3 nitrogen and oxygen atoms in total. The molecular weight excluding hydrogens is 258 g/mol. The lowest BCUT2D eigenvalue weighted by Crippen LogP contribution is -1.99. The molecule has 0 fully saturated rings. The van der Waals surface area contributed by atoms with Gasteiger partial charge in [-0.05, 0) is 42.5 Å². The molecule has 21 heavy (non-hydrogen) atoms. The summed E-state index contributed by atoms with van der Waals surface area (Å²) in [6.07, 6.45) is 10.4. The fourth-order valence-corrected chi connectivity index (χ4v) is 2.22. The van der Waals surface area contributed by atoms with E-state index in [1.807, 2.05) is 36.7 Å². The second-order valence-electron chi connectivity index (χ2n) is 5.27. The lowest BCUT2D eigenvalue weighted by molar-refractivity contribution is 0.711. The van der Waals surface area contributed by atoms with Gasteiger partial charge in [0.15, 0.2) is 0 Å². The van der Waals surface area contributed by atoms with Gasteiger partial charge in [0.1, 0.15) is 5.82 Å². The van der Waals surface area contributed by atoms with E-state index < -0.39 is 0 Å². The molecule has 3 heteroatoms. The molecule has 0 aliphatic heterocycles. The van der Waals surface area contributed by atoms with E-state index in [-0.39, 0.29) is 0 Å². The topological polar surface area (TPSA) is 49.6 Å². The second kappa shape index (κ2) is 8.16. The second-order valence-corrected chi connectivity index (χ2v) is 5.27. The number of nitriles is 1. The van der Waals surface area contributed by atoms with Crippen LogP contribution in [0.1, 0.15) is 48.7 Å². The van der Waals surface area contributed by atoms with Gasteiger partial charge in [0.05, 0.1) is 11.6 Å². The Morgan fingerprint density at radius 2 is 1.62 bits per heavy atom. The largest absolute Gasteiger partial charge is 0.241 e. The predicted octanol–water partition coefficient (Wildman–Crippen LogP) is 3.87. The molecule has 0 aliphatic rings. The molecule has 2 aromatic rings. The molecule has 2 rings (SSSR count). The third kappa shape index (κ3) is 5.00. The highest BCUT2D eigenvalue weighted by Gasteiger charge is 2.00. The lowest BCUT2D eigenvalue weighted by Gasteiger charge is -2.03. The summed E-state index contributed by atoms with van der Waals surface area (Å²) < 4.78 is 0. The van der Waals surface area contributed by atoms with E-state index in [0.717, 1.165) is 25.1 Å². The van der Waals surface area contributed by atoms with Gasteiger partial charge in [0, 0.05) is 18.8 Å². The average Bonchev–Trinajstić information content (AvgIpc) is 2.55. The Kier molecular flexibility index (Phi) is 5.90. The summed E-state index contributed by atoms with van der Waals surface area (Å²) in [5, 5.41) is 8.77. The third-order valence-electron chi connectivity index (χ3n) is 3.55. The molecule has 0 amide bonds. The Labute approximate surface area is 126 Å². The number of unbranched alkanes of at least 4 members (excludes halogenated alkanes) is 2. The van der Waals surface area contributed by atoms with Crippen molar-refractivity contribution >= 4 is 0 Å². The van der Waals surface area contributed by atoms with Gasteiger partial charge in [-0.1, -0.05) is 31.9 Å². The van der Waals surface area contributed by atoms with Gasteiger partial charge >= 0.3 is 0 Å². The fraction of sp³-hybridized carbons (Fsp3) is 0.389. The molecular formula is C18H21N3. The van der Waals surface area contributed by atoms with Crippen LogP contribution in [0.3, 0.4) is 0 Å². The molecule has 0 saturated carbocycles. The van der Waals surface area contributed by atoms with E-state index in [2.05, 4.69) is 23.0 Å². The van der Waals surface area contributed by atoms with Gasteiger partial charge in [-0.2, -0.15) is 5.26 Å². The minimum absolute atomic E-state index is 0.700. The monoisotopic (exact) mass is 279 g/mol. The van der Waals surface area contributed by atoms with E-state index in [9.17, 15) is 0 Å². The lowest BCUT2D eigenvalue weighted by atomic mass is 10.1. The standard InChI is InChI=1S/C18H21N3/c1-2-3-4-5-17-13-20-18(21-14-17)11-10-15-6-8-16(12-19)9-7-15/h6-9,13-14H,2-5,10-11H2,1H3. The van der Waals surface area contributed by atoms with Crippen LogP contribution in [0.2, 0.25) is 0 Å². The zero-order chi connectivity index (χ0) is 14.9. The summed E-state index contributed by atoms with van der Waals surface area (Å²) in [5.74, 6) is 0.888. The molecule has 1 heterocycles. The first-order chi connectivity index (χ1) is 10.3. The van der Waals surface area contributed by atoms with Gasteiger partial charge < -0.3 is 0 Å². The normalized spacial score (nSPS) is 10.3. The Morgan fingerprint density at radius 3 is 2.24 bits per heavy atom. The minimum atomic E-state index is 0.700. The molecule has 0 bridgehead atoms. The van der Waals surface area contributed by atoms with Crippen molar-refractivity contribution in [1.82, 2.24) is 9.97 Å². The van der Waals surface area contributed by atoms with Crippen molar-refractivity contribution in [1.29, 1.82) is 5.26 Å². The summed E-state index contributed by atoms with van der Waals surface area (Å²) >= 11 is 0. The Hall–Kier alpha value is -2.21. The van der Waals surface area contributed by atoms with Crippen LogP contribution in [0.15, 0.2) is 36.7 Å². The summed E-state index contributed by atoms with van der Waals surface area (Å²) in [5.41, 5.74) is 3.14. The maximum atomic E-state index is 8.77. The smallest absolute Gasteiger partial charge is 0.128 e. The van der Waals surface area contributed by atoms with Gasteiger partial charge in [-0.15, -0.1) is 0 Å². The van der Waals surface area contributed by atoms with Crippen LogP contribution in [0.4, 0.5) is 0 Å². The number of hydrogen-bond acceptors (Lipinski definition) is 3. The highest BCUT2D eigenvalue weighted by Crippen LogP contribution is 2.08. The van der Waals surface area contributed by atoms with Crippen molar-refractivity contribution in [3.63, 3.8) is 0 Å². The zero-order valence-corrected chi connectivity index (χ0v) is 12.5. The summed E-state index contributed by atoms with van der Waals surface area (Å²) in [4.78, 5) is 8.89. The SMILES string of the molecule is CCCCCc1cnc(CCc2ccc(C#N)cc2)nc1. The van der Waals surface area contributed by atoms with Gasteiger partial charge in [0.2, 0.25) is 0 Å². The van der Waals surface area contributed by atoms with Crippen molar-refractivity contribution in [2.75, 3.05) is 0 Å². The highest BCUT2D eigenvalue weighted by atomic mass is 14.9. The van der Waals surface area contributed by atoms with Crippen LogP contribution in [-0.4, -0.2) is 9.97 Å². The average molecular weight is 279 g/mol. The van der Waals surface area contributed by atoms with Crippen molar-refractivity contribution in [2.24, 2.45) is 0 Å². The Balaban J connectivity index is 1.84. The number of nitrogens with zero attached hydrogens (tertiary/aromatic N) is 3. The summed E-state index contributed by atoms with van der Waals surface area (Å²) in [6, 6.07) is 9.83. The third-order valence-corrected chi connectivity index (χ3v) is 3.55. The molecule has 1 aromatic heterocycles. The number of hydrogen-bond donors (Lipinski definition) is 0. The van der Waals surface area contributed by atoms with Crippen molar-refractivity contribution in [2.45, 2.75) is 45.4 Å². The first-order valence-corrected chi connectivity index (χ1v) is 7.60. The first kappa shape index (κ1) is 15.2. The number of aryl methyl sites for hydroxylation is 3. The molecule has 0 saturated heterocycles. The van der Waals surface area contributed by atoms with E-state index in [0.29, 0.717) is 5.56 Å². The number of aromatic nitrogens is 2. The first-order valence-electron chi connectivity index (χ1n) is 7.60. The summed E-state index contributed by atoms with van der Waals surface area (Å²) in [6.45, 7) is 2.21. The number of benzene rings is 1.